The van der Waals surface area contributed by atoms with Crippen LogP contribution in [-0.2, 0) is 35.6 Å². The topological polar surface area (TPSA) is 111 Å². The Bertz CT molecular complexity index is 1170. The summed E-state index contributed by atoms with van der Waals surface area (Å²) < 4.78 is 19.2. The van der Waals surface area contributed by atoms with Crippen molar-refractivity contribution in [3.8, 4) is 6.19 Å². The van der Waals surface area contributed by atoms with Gasteiger partial charge in [0, 0.05) is 11.3 Å². The van der Waals surface area contributed by atoms with Crippen LogP contribution < -0.4 is 10.0 Å². The molecule has 2 N–H and O–H groups in total. The van der Waals surface area contributed by atoms with Crippen molar-refractivity contribution in [1.29, 1.82) is 5.26 Å². The first-order valence-corrected chi connectivity index (χ1v) is 11.4. The van der Waals surface area contributed by atoms with E-state index in [2.05, 4.69) is 20.5 Å². The van der Waals surface area contributed by atoms with Crippen molar-refractivity contribution < 1.29 is 13.8 Å². The lowest BCUT2D eigenvalue weighted by atomic mass is 9.99. The summed E-state index contributed by atoms with van der Waals surface area (Å²) in [7, 11) is -3.52. The van der Waals surface area contributed by atoms with Crippen LogP contribution in [0.25, 0.3) is 0 Å². The number of urea groups is 1. The highest BCUT2D eigenvalue weighted by Gasteiger charge is 2.26. The number of nitriles is 1. The fraction of sp³-hybridized carbons (Fsp3) is 0.318. The van der Waals surface area contributed by atoms with Gasteiger partial charge in [-0.05, 0) is 79.8 Å². The van der Waals surface area contributed by atoms with Gasteiger partial charge < -0.3 is 5.32 Å². The minimum Gasteiger partial charge on any atom is -0.307 e. The van der Waals surface area contributed by atoms with E-state index < -0.39 is 15.9 Å². The summed E-state index contributed by atoms with van der Waals surface area (Å²) in [5.74, 6) is -0.136. The Hall–Kier alpha value is -3.18. The third-order valence-electron chi connectivity index (χ3n) is 5.69. The molecule has 0 saturated carbocycles. The Morgan fingerprint density at radius 1 is 1.03 bits per heavy atom. The first kappa shape index (κ1) is 20.1. The summed E-state index contributed by atoms with van der Waals surface area (Å²) in [5.41, 5.74) is 6.11. The standard InChI is InChI=1S/C22H22N4O3S/c1-14(27)15-8-10-18(11-9-15)30(29,24-13-23)26-22(28)25-21-19-6-2-4-16(19)12-17-5-3-7-20(17)21/h8-12H,2-7H2,1H3,(H2,24,25,26,28,29). The van der Waals surface area contributed by atoms with E-state index in [1.165, 1.54) is 48.5 Å². The number of anilines is 1. The van der Waals surface area contributed by atoms with Crippen LogP contribution in [0, 0.1) is 11.5 Å². The molecule has 0 heterocycles. The molecule has 2 aliphatic rings. The summed E-state index contributed by atoms with van der Waals surface area (Å²) in [4.78, 5) is 24.5. The van der Waals surface area contributed by atoms with Gasteiger partial charge in [-0.1, -0.05) is 22.6 Å². The lowest BCUT2D eigenvalue weighted by Gasteiger charge is -2.17. The van der Waals surface area contributed by atoms with Crippen molar-refractivity contribution in [2.24, 2.45) is 4.36 Å². The Morgan fingerprint density at radius 2 is 1.63 bits per heavy atom. The Morgan fingerprint density at radius 3 is 2.17 bits per heavy atom. The normalized spacial score (nSPS) is 16.0. The predicted molar refractivity (Wildman–Crippen MR) is 114 cm³/mol. The molecule has 0 saturated heterocycles. The highest BCUT2D eigenvalue weighted by Crippen LogP contribution is 2.38. The molecule has 0 aromatic heterocycles. The third-order valence-corrected chi connectivity index (χ3v) is 7.40. The molecular weight excluding hydrogens is 400 g/mol. The number of Topliss-reactive ketones (excluding diaryl/α,β-unsaturated/α-hetero) is 1. The number of nitrogens with zero attached hydrogens (tertiary/aromatic N) is 2. The molecule has 0 radical (unpaired) electrons. The number of fused-ring (bicyclic) bond motifs is 2. The molecule has 4 rings (SSSR count). The molecule has 1 unspecified atom stereocenters. The van der Waals surface area contributed by atoms with Gasteiger partial charge in [-0.3, -0.25) is 4.79 Å². The number of carbonyl (C=O) groups is 2. The number of hydrogen-bond donors (Lipinski definition) is 2. The molecule has 0 spiro atoms. The van der Waals surface area contributed by atoms with Gasteiger partial charge in [-0.2, -0.15) is 5.26 Å². The van der Waals surface area contributed by atoms with Crippen molar-refractivity contribution in [3.05, 3.63) is 58.1 Å². The van der Waals surface area contributed by atoms with Crippen LogP contribution in [0.1, 0.15) is 52.4 Å². The predicted octanol–water partition coefficient (Wildman–Crippen LogP) is 3.91. The SMILES string of the molecule is CC(=O)c1ccc(S(=O)(=NC#N)NC(=O)Nc2c3c(cc4c2CCC4)CCC3)cc1. The van der Waals surface area contributed by atoms with E-state index in [4.69, 9.17) is 5.26 Å². The van der Waals surface area contributed by atoms with Crippen molar-refractivity contribution in [1.82, 2.24) is 4.72 Å². The van der Waals surface area contributed by atoms with Gasteiger partial charge in [0.1, 0.15) is 0 Å². The second-order valence-corrected chi connectivity index (χ2v) is 9.50. The van der Waals surface area contributed by atoms with Crippen molar-refractivity contribution in [3.63, 3.8) is 0 Å². The lowest BCUT2D eigenvalue weighted by Crippen LogP contribution is -2.34. The average molecular weight is 423 g/mol. The molecule has 2 amide bonds. The van der Waals surface area contributed by atoms with Crippen molar-refractivity contribution in [2.75, 3.05) is 5.32 Å². The van der Waals surface area contributed by atoms with E-state index in [1.807, 2.05) is 0 Å². The second kappa shape index (κ2) is 7.92. The lowest BCUT2D eigenvalue weighted by molar-refractivity contribution is 0.101. The summed E-state index contributed by atoms with van der Waals surface area (Å²) >= 11 is 0. The number of nitrogens with one attached hydrogen (secondary N) is 2. The molecule has 0 aliphatic heterocycles. The van der Waals surface area contributed by atoms with Gasteiger partial charge in [0.2, 0.25) is 6.19 Å². The van der Waals surface area contributed by atoms with Gasteiger partial charge >= 0.3 is 6.03 Å². The average Bonchev–Trinajstić information content (AvgIpc) is 3.37. The van der Waals surface area contributed by atoms with E-state index in [0.29, 0.717) is 5.56 Å². The zero-order valence-corrected chi connectivity index (χ0v) is 17.5. The molecule has 7 nitrogen and oxygen atoms in total. The van der Waals surface area contributed by atoms with Crippen LogP contribution in [0.2, 0.25) is 0 Å². The maximum atomic E-state index is 13.3. The fourth-order valence-electron chi connectivity index (χ4n) is 4.30. The molecular formula is C22H22N4O3S. The fourth-order valence-corrected chi connectivity index (χ4v) is 5.49. The zero-order chi connectivity index (χ0) is 21.3. The summed E-state index contributed by atoms with van der Waals surface area (Å²) in [6.07, 6.45) is 7.46. The van der Waals surface area contributed by atoms with Crippen molar-refractivity contribution >= 4 is 27.4 Å². The van der Waals surface area contributed by atoms with Crippen LogP contribution in [0.3, 0.4) is 0 Å². The molecule has 1 atom stereocenters. The van der Waals surface area contributed by atoms with E-state index in [0.717, 1.165) is 55.3 Å². The number of hydrogen-bond acceptors (Lipinski definition) is 5. The maximum Gasteiger partial charge on any atom is 0.331 e. The van der Waals surface area contributed by atoms with Crippen LogP contribution >= 0.6 is 0 Å². The minimum absolute atomic E-state index is 0.136. The maximum absolute atomic E-state index is 13.3. The van der Waals surface area contributed by atoms with Gasteiger partial charge in [-0.15, -0.1) is 0 Å². The quantitative estimate of drug-likeness (QED) is 0.575. The monoisotopic (exact) mass is 422 g/mol. The van der Waals surface area contributed by atoms with E-state index in [-0.39, 0.29) is 10.7 Å². The zero-order valence-electron chi connectivity index (χ0n) is 16.7. The van der Waals surface area contributed by atoms with E-state index >= 15 is 0 Å². The summed E-state index contributed by atoms with van der Waals surface area (Å²) in [6, 6.07) is 7.49. The minimum atomic E-state index is -3.52. The van der Waals surface area contributed by atoms with Crippen molar-refractivity contribution in [2.45, 2.75) is 50.3 Å². The van der Waals surface area contributed by atoms with Gasteiger partial charge in [0.15, 0.2) is 15.7 Å². The van der Waals surface area contributed by atoms with Crippen LogP contribution in [-0.4, -0.2) is 16.0 Å². The Labute approximate surface area is 175 Å². The number of aryl methyl sites for hydroxylation is 2. The van der Waals surface area contributed by atoms with E-state index in [1.54, 1.807) is 0 Å². The van der Waals surface area contributed by atoms with Crippen LogP contribution in [0.15, 0.2) is 39.6 Å². The highest BCUT2D eigenvalue weighted by molar-refractivity contribution is 7.92. The molecule has 30 heavy (non-hydrogen) atoms. The molecule has 2 aromatic rings. The highest BCUT2D eigenvalue weighted by atomic mass is 32.2. The Balaban J connectivity index is 1.63. The third kappa shape index (κ3) is 3.68. The number of ketones is 1. The molecule has 0 fully saturated rings. The largest absolute Gasteiger partial charge is 0.331 e. The van der Waals surface area contributed by atoms with Gasteiger partial charge in [0.05, 0.1) is 4.90 Å². The molecule has 0 bridgehead atoms. The second-order valence-electron chi connectivity index (χ2n) is 7.59. The molecule has 8 heteroatoms. The summed E-state index contributed by atoms with van der Waals surface area (Å²) in [5, 5.41) is 11.9. The number of amides is 2. The number of rotatable bonds is 4. The number of benzene rings is 2. The molecule has 2 aromatic carbocycles. The summed E-state index contributed by atoms with van der Waals surface area (Å²) in [6.45, 7) is 1.43. The molecule has 154 valence electrons. The number of carbonyl (C=O) groups excluding carboxylic acids is 2. The van der Waals surface area contributed by atoms with Crippen LogP contribution in [0.4, 0.5) is 10.5 Å². The molecule has 2 aliphatic carbocycles. The first-order valence-electron chi connectivity index (χ1n) is 9.93. The van der Waals surface area contributed by atoms with E-state index in [9.17, 15) is 13.8 Å². The van der Waals surface area contributed by atoms with Gasteiger partial charge in [0.25, 0.3) is 0 Å². The first-order chi connectivity index (χ1) is 14.4. The smallest absolute Gasteiger partial charge is 0.307 e. The Kier molecular flexibility index (Phi) is 5.31. The van der Waals surface area contributed by atoms with Crippen LogP contribution in [0.5, 0.6) is 0 Å². The van der Waals surface area contributed by atoms with Gasteiger partial charge in [-0.25, -0.2) is 13.7 Å².